The topological polar surface area (TPSA) is 75.6 Å². The molecule has 3 rings (SSSR count). The number of hydrogen-bond donors (Lipinski definition) is 0. The van der Waals surface area contributed by atoms with Crippen LogP contribution in [0.3, 0.4) is 0 Å². The molecule has 1 heterocycles. The number of nitrogens with zero attached hydrogens (tertiary/aromatic N) is 1. The maximum atomic E-state index is 14.1. The lowest BCUT2D eigenvalue weighted by Gasteiger charge is -2.33. The Kier molecular flexibility index (Phi) is 11.7. The number of rotatable bonds is 13. The monoisotopic (exact) mass is 681 g/mol. The number of ether oxygens (including phenoxy) is 2. The van der Waals surface area contributed by atoms with E-state index < -0.39 is 53.8 Å². The number of hydrogen-bond acceptors (Lipinski definition) is 7. The van der Waals surface area contributed by atoms with Gasteiger partial charge in [0, 0.05) is 6.92 Å². The van der Waals surface area contributed by atoms with Crippen LogP contribution in [0.5, 0.6) is 5.75 Å². The first-order chi connectivity index (χ1) is 21.0. The van der Waals surface area contributed by atoms with Crippen LogP contribution in [0.25, 0.3) is 0 Å². The van der Waals surface area contributed by atoms with Crippen LogP contribution in [-0.2, 0) is 48.1 Å². The van der Waals surface area contributed by atoms with E-state index >= 15 is 0 Å². The van der Waals surface area contributed by atoms with Gasteiger partial charge in [0.25, 0.3) is 0 Å². The van der Waals surface area contributed by atoms with Crippen LogP contribution in [0.2, 0.25) is 0 Å². The molecule has 2 aromatic carbocycles. The van der Waals surface area contributed by atoms with Crippen molar-refractivity contribution in [2.75, 3.05) is 19.8 Å². The van der Waals surface area contributed by atoms with E-state index in [2.05, 4.69) is 4.99 Å². The summed E-state index contributed by atoms with van der Waals surface area (Å²) >= 11 is 0. The van der Waals surface area contributed by atoms with Gasteiger partial charge in [-0.3, -0.25) is 13.6 Å². The lowest BCUT2D eigenvalue weighted by molar-refractivity contribution is -0.139. The molecule has 0 aliphatic carbocycles. The molecule has 0 fully saturated rings. The number of halogens is 6. The van der Waals surface area contributed by atoms with Gasteiger partial charge in [0.15, 0.2) is 5.90 Å². The van der Waals surface area contributed by atoms with Crippen LogP contribution < -0.4 is 4.74 Å². The fourth-order valence-electron chi connectivity index (χ4n) is 4.77. The molecule has 0 radical (unpaired) electrons. The van der Waals surface area contributed by atoms with Gasteiger partial charge in [-0.15, -0.1) is 0 Å². The van der Waals surface area contributed by atoms with Gasteiger partial charge in [-0.25, -0.2) is 9.56 Å². The molecule has 2 aromatic rings. The summed E-state index contributed by atoms with van der Waals surface area (Å²) in [6.07, 6.45) is -8.90. The highest BCUT2D eigenvalue weighted by Gasteiger charge is 2.43. The third-order valence-electron chi connectivity index (χ3n) is 6.61. The summed E-state index contributed by atoms with van der Waals surface area (Å²) in [6.45, 7) is 11.4. The first-order valence-corrected chi connectivity index (χ1v) is 16.3. The SMILES string of the molecule is CC1=NC(CCc2ccc(OCCCc3ccccc3C(F)(F)F)c(C(F)(F)F)c2)(COP(=O)(OC(C)(C)C)OC(C)(C)C)CO1. The van der Waals surface area contributed by atoms with Crippen molar-refractivity contribution in [2.24, 2.45) is 4.99 Å². The molecule has 46 heavy (non-hydrogen) atoms. The summed E-state index contributed by atoms with van der Waals surface area (Å²) in [5, 5.41) is 0. The van der Waals surface area contributed by atoms with E-state index in [0.717, 1.165) is 12.1 Å². The maximum absolute atomic E-state index is 14.1. The van der Waals surface area contributed by atoms with E-state index in [1.807, 2.05) is 0 Å². The Labute approximate surface area is 266 Å². The summed E-state index contributed by atoms with van der Waals surface area (Å²) in [5.74, 6) is -0.0689. The summed E-state index contributed by atoms with van der Waals surface area (Å²) < 4.78 is 124. The maximum Gasteiger partial charge on any atom is 0.475 e. The largest absolute Gasteiger partial charge is 0.493 e. The number of alkyl halides is 6. The van der Waals surface area contributed by atoms with Gasteiger partial charge in [0.05, 0.1) is 35.5 Å². The first kappa shape index (κ1) is 37.9. The fourth-order valence-corrected chi connectivity index (χ4v) is 6.65. The second kappa shape index (κ2) is 14.3. The van der Waals surface area contributed by atoms with Crippen LogP contribution in [0.15, 0.2) is 47.5 Å². The van der Waals surface area contributed by atoms with Crippen molar-refractivity contribution in [2.45, 2.75) is 103 Å². The molecular weight excluding hydrogens is 639 g/mol. The lowest BCUT2D eigenvalue weighted by atomic mass is 9.93. The van der Waals surface area contributed by atoms with Gasteiger partial charge in [-0.1, -0.05) is 24.3 Å². The zero-order chi connectivity index (χ0) is 34.6. The van der Waals surface area contributed by atoms with Crippen molar-refractivity contribution in [3.63, 3.8) is 0 Å². The van der Waals surface area contributed by atoms with Crippen molar-refractivity contribution in [3.8, 4) is 5.75 Å². The highest BCUT2D eigenvalue weighted by atomic mass is 31.2. The van der Waals surface area contributed by atoms with Crippen molar-refractivity contribution in [1.82, 2.24) is 0 Å². The van der Waals surface area contributed by atoms with Gasteiger partial charge in [-0.05, 0) is 96.6 Å². The molecule has 14 heteroatoms. The molecule has 7 nitrogen and oxygen atoms in total. The number of aryl methyl sites for hydroxylation is 2. The number of phosphoric ester groups is 1. The van der Waals surface area contributed by atoms with Gasteiger partial charge >= 0.3 is 20.2 Å². The minimum atomic E-state index is -4.75. The highest BCUT2D eigenvalue weighted by molar-refractivity contribution is 7.48. The molecule has 1 unspecified atom stereocenters. The van der Waals surface area contributed by atoms with Gasteiger partial charge in [-0.2, -0.15) is 26.3 Å². The van der Waals surface area contributed by atoms with E-state index in [0.29, 0.717) is 11.5 Å². The molecule has 1 aliphatic heterocycles. The van der Waals surface area contributed by atoms with Gasteiger partial charge in [0.2, 0.25) is 0 Å². The average Bonchev–Trinajstić information content (AvgIpc) is 3.27. The van der Waals surface area contributed by atoms with E-state index in [9.17, 15) is 30.9 Å². The quantitative estimate of drug-likeness (QED) is 0.119. The van der Waals surface area contributed by atoms with E-state index in [4.69, 9.17) is 23.0 Å². The minimum Gasteiger partial charge on any atom is -0.493 e. The number of aliphatic imine (C=N–C) groups is 1. The molecule has 1 aliphatic rings. The zero-order valence-corrected chi connectivity index (χ0v) is 28.0. The fraction of sp³-hybridized carbons (Fsp3) is 0.594. The third kappa shape index (κ3) is 11.6. The molecule has 0 amide bonds. The smallest absolute Gasteiger partial charge is 0.475 e. The summed E-state index contributed by atoms with van der Waals surface area (Å²) in [7, 11) is -4.10. The predicted molar refractivity (Wildman–Crippen MR) is 162 cm³/mol. The van der Waals surface area contributed by atoms with Gasteiger partial charge in [0.1, 0.15) is 17.9 Å². The summed E-state index contributed by atoms with van der Waals surface area (Å²) in [5.41, 5.74) is -4.22. The molecule has 0 bridgehead atoms. The van der Waals surface area contributed by atoms with Crippen molar-refractivity contribution in [3.05, 3.63) is 64.7 Å². The minimum absolute atomic E-state index is 0.0181. The zero-order valence-electron chi connectivity index (χ0n) is 27.1. The Bertz CT molecular complexity index is 1390. The second-order valence-corrected chi connectivity index (χ2v) is 14.7. The summed E-state index contributed by atoms with van der Waals surface area (Å²) in [4.78, 5) is 4.54. The lowest BCUT2D eigenvalue weighted by Crippen LogP contribution is -2.36. The standard InChI is InChI=1S/C32H42F6NO6P/c1-22-39-30(20-42-22,21-43-46(40,44-28(2,3)4)45-29(5,6)7)17-16-23-14-15-27(26(19-23)32(36,37)38)41-18-10-12-24-11-8-9-13-25(24)31(33,34)35/h8-9,11,13-15,19H,10,12,16-18,20-21H2,1-7H3. The Balaban J connectivity index is 1.72. The first-order valence-electron chi connectivity index (χ1n) is 14.8. The van der Waals surface area contributed by atoms with Crippen LogP contribution in [-0.4, -0.2) is 42.5 Å². The Morgan fingerprint density at radius 2 is 1.48 bits per heavy atom. The molecular formula is C32H42F6NO6P. The second-order valence-electron chi connectivity index (χ2n) is 13.2. The highest BCUT2D eigenvalue weighted by Crippen LogP contribution is 2.56. The predicted octanol–water partition coefficient (Wildman–Crippen LogP) is 9.61. The molecule has 0 aromatic heterocycles. The van der Waals surface area contributed by atoms with Crippen LogP contribution in [0.4, 0.5) is 26.3 Å². The molecule has 0 spiro atoms. The Morgan fingerprint density at radius 3 is 2.02 bits per heavy atom. The summed E-state index contributed by atoms with van der Waals surface area (Å²) in [6, 6.07) is 8.73. The van der Waals surface area contributed by atoms with E-state index in [1.165, 1.54) is 30.3 Å². The molecule has 0 saturated heterocycles. The average molecular weight is 682 g/mol. The third-order valence-corrected chi connectivity index (χ3v) is 8.59. The number of benzene rings is 2. The van der Waals surface area contributed by atoms with Crippen LogP contribution in [0.1, 0.15) is 83.6 Å². The van der Waals surface area contributed by atoms with E-state index in [1.54, 1.807) is 48.5 Å². The molecule has 258 valence electrons. The normalized spacial score (nSPS) is 18.0. The van der Waals surface area contributed by atoms with Crippen molar-refractivity contribution < 1.29 is 54.0 Å². The van der Waals surface area contributed by atoms with Crippen LogP contribution in [0, 0.1) is 0 Å². The van der Waals surface area contributed by atoms with Crippen molar-refractivity contribution >= 4 is 13.7 Å². The Morgan fingerprint density at radius 1 is 0.870 bits per heavy atom. The molecule has 0 saturated carbocycles. The number of phosphoric acid groups is 1. The van der Waals surface area contributed by atoms with Crippen LogP contribution >= 0.6 is 7.82 Å². The van der Waals surface area contributed by atoms with E-state index in [-0.39, 0.29) is 51.1 Å². The Hall–Kier alpha value is -2.60. The molecule has 0 N–H and O–H groups in total. The van der Waals surface area contributed by atoms with Crippen molar-refractivity contribution in [1.29, 1.82) is 0 Å². The molecule has 1 atom stereocenters. The van der Waals surface area contributed by atoms with Gasteiger partial charge < -0.3 is 9.47 Å².